The largest absolute Gasteiger partial charge is 0.445 e. The van der Waals surface area contributed by atoms with Crippen LogP contribution < -0.4 is 10.7 Å². The van der Waals surface area contributed by atoms with E-state index in [0.29, 0.717) is 13.0 Å². The maximum Gasteiger partial charge on any atom is 0.422 e. The van der Waals surface area contributed by atoms with Crippen LogP contribution in [0.25, 0.3) is 0 Å². The Labute approximate surface area is 195 Å². The number of ether oxygens (including phenoxy) is 2. The summed E-state index contributed by atoms with van der Waals surface area (Å²) in [5.41, 5.74) is 3.82. The lowest BCUT2D eigenvalue weighted by molar-refractivity contribution is 0.0181. The zero-order chi connectivity index (χ0) is 24.3. The number of likely N-dealkylation sites (N-methyl/N-ethyl adjacent to an activating group) is 1. The number of hydrogen-bond acceptors (Lipinski definition) is 6. The Morgan fingerprint density at radius 1 is 0.970 bits per heavy atom. The Morgan fingerprint density at radius 2 is 1.55 bits per heavy atom. The third-order valence-corrected chi connectivity index (χ3v) is 4.72. The summed E-state index contributed by atoms with van der Waals surface area (Å²) in [7, 11) is 0. The Balaban J connectivity index is 2.01. The van der Waals surface area contributed by atoms with Crippen LogP contribution in [0.2, 0.25) is 0 Å². The number of aliphatic hydroxyl groups is 1. The van der Waals surface area contributed by atoms with Crippen molar-refractivity contribution in [2.45, 2.75) is 58.5 Å². The molecule has 180 valence electrons. The Hall–Kier alpha value is -3.10. The van der Waals surface area contributed by atoms with Crippen LogP contribution >= 0.6 is 0 Å². The molecule has 0 aliphatic heterocycles. The van der Waals surface area contributed by atoms with E-state index in [0.717, 1.165) is 11.1 Å². The molecule has 3 N–H and O–H groups in total. The topological polar surface area (TPSA) is 100 Å². The fourth-order valence-corrected chi connectivity index (χ4v) is 3.10. The molecule has 0 aliphatic rings. The number of rotatable bonds is 10. The lowest BCUT2D eigenvalue weighted by Crippen LogP contribution is -2.53. The maximum absolute atomic E-state index is 12.5. The summed E-state index contributed by atoms with van der Waals surface area (Å²) >= 11 is 0. The molecule has 0 bridgehead atoms. The van der Waals surface area contributed by atoms with Gasteiger partial charge < -0.3 is 19.9 Å². The molecule has 2 atom stereocenters. The van der Waals surface area contributed by atoms with Crippen LogP contribution in [0.3, 0.4) is 0 Å². The Bertz CT molecular complexity index is 855. The minimum Gasteiger partial charge on any atom is -0.445 e. The Kier molecular flexibility index (Phi) is 10.2. The summed E-state index contributed by atoms with van der Waals surface area (Å²) < 4.78 is 10.6. The van der Waals surface area contributed by atoms with Crippen LogP contribution in [0.15, 0.2) is 60.7 Å². The smallest absolute Gasteiger partial charge is 0.422 e. The molecule has 2 aromatic rings. The molecule has 8 nitrogen and oxygen atoms in total. The lowest BCUT2D eigenvalue weighted by Gasteiger charge is -2.30. The predicted molar refractivity (Wildman–Crippen MR) is 126 cm³/mol. The highest BCUT2D eigenvalue weighted by atomic mass is 16.6. The first-order chi connectivity index (χ1) is 15.7. The zero-order valence-electron chi connectivity index (χ0n) is 19.8. The van der Waals surface area contributed by atoms with E-state index in [1.807, 2.05) is 67.6 Å². The number of aliphatic hydroxyl groups excluding tert-OH is 1. The molecule has 2 amide bonds. The second-order valence-electron chi connectivity index (χ2n) is 8.72. The van der Waals surface area contributed by atoms with Gasteiger partial charge in [0.1, 0.15) is 12.2 Å². The summed E-state index contributed by atoms with van der Waals surface area (Å²) in [6, 6.07) is 18.3. The standard InChI is InChI=1S/C25H35N3O5/c1-5-28(27-24(31)33-25(2,3)4)17-22(29)21(16-19-12-8-6-9-13-19)26-23(30)32-18-20-14-10-7-11-15-20/h6-15,21-22,29H,5,16-18H2,1-4H3,(H,26,30)(H,27,31). The highest BCUT2D eigenvalue weighted by Gasteiger charge is 2.26. The van der Waals surface area contributed by atoms with Gasteiger partial charge in [-0.1, -0.05) is 67.6 Å². The van der Waals surface area contributed by atoms with E-state index in [1.165, 1.54) is 0 Å². The molecule has 0 fully saturated rings. The van der Waals surface area contributed by atoms with Crippen molar-refractivity contribution in [2.24, 2.45) is 0 Å². The first-order valence-electron chi connectivity index (χ1n) is 11.1. The fraction of sp³-hybridized carbons (Fsp3) is 0.440. The molecule has 2 unspecified atom stereocenters. The van der Waals surface area contributed by atoms with E-state index >= 15 is 0 Å². The van der Waals surface area contributed by atoms with Crippen molar-refractivity contribution in [1.82, 2.24) is 15.8 Å². The number of carbonyl (C=O) groups is 2. The van der Waals surface area contributed by atoms with Crippen LogP contribution in [0, 0.1) is 0 Å². The van der Waals surface area contributed by atoms with Gasteiger partial charge in [0.05, 0.1) is 12.1 Å². The Morgan fingerprint density at radius 3 is 2.09 bits per heavy atom. The molecule has 0 saturated heterocycles. The third kappa shape index (κ3) is 10.4. The van der Waals surface area contributed by atoms with E-state index in [1.54, 1.807) is 25.8 Å². The molecule has 0 heterocycles. The molecule has 0 aromatic heterocycles. The summed E-state index contributed by atoms with van der Waals surface area (Å²) in [6.45, 7) is 7.83. The summed E-state index contributed by atoms with van der Waals surface area (Å²) in [5.74, 6) is 0. The van der Waals surface area contributed by atoms with Gasteiger partial charge in [0.25, 0.3) is 0 Å². The number of benzene rings is 2. The number of carbonyl (C=O) groups excluding carboxylic acids is 2. The van der Waals surface area contributed by atoms with Crippen LogP contribution in [0.5, 0.6) is 0 Å². The van der Waals surface area contributed by atoms with Gasteiger partial charge in [-0.3, -0.25) is 5.43 Å². The molecular formula is C25H35N3O5. The molecular weight excluding hydrogens is 422 g/mol. The minimum atomic E-state index is -0.982. The van der Waals surface area contributed by atoms with Crippen LogP contribution in [-0.2, 0) is 22.5 Å². The van der Waals surface area contributed by atoms with E-state index in [4.69, 9.17) is 9.47 Å². The summed E-state index contributed by atoms with van der Waals surface area (Å²) in [4.78, 5) is 24.6. The van der Waals surface area contributed by atoms with Gasteiger partial charge in [-0.05, 0) is 38.3 Å². The average molecular weight is 458 g/mol. The van der Waals surface area contributed by atoms with Gasteiger partial charge in [-0.25, -0.2) is 14.6 Å². The van der Waals surface area contributed by atoms with Gasteiger partial charge in [0.2, 0.25) is 0 Å². The number of amides is 2. The monoisotopic (exact) mass is 457 g/mol. The van der Waals surface area contributed by atoms with Crippen molar-refractivity contribution >= 4 is 12.2 Å². The third-order valence-electron chi connectivity index (χ3n) is 4.72. The van der Waals surface area contributed by atoms with Gasteiger partial charge in [0, 0.05) is 13.1 Å². The molecule has 0 saturated carbocycles. The molecule has 0 radical (unpaired) electrons. The molecule has 0 aliphatic carbocycles. The number of hydrogen-bond donors (Lipinski definition) is 3. The van der Waals surface area contributed by atoms with E-state index in [2.05, 4.69) is 10.7 Å². The van der Waals surface area contributed by atoms with Crippen molar-refractivity contribution in [3.63, 3.8) is 0 Å². The maximum atomic E-state index is 12.5. The van der Waals surface area contributed by atoms with Crippen molar-refractivity contribution < 1.29 is 24.2 Å². The first kappa shape index (κ1) is 26.2. The first-order valence-corrected chi connectivity index (χ1v) is 11.1. The predicted octanol–water partition coefficient (Wildman–Crippen LogP) is 3.65. The second-order valence-corrected chi connectivity index (χ2v) is 8.72. The van der Waals surface area contributed by atoms with E-state index < -0.39 is 29.9 Å². The molecule has 0 spiro atoms. The van der Waals surface area contributed by atoms with E-state index in [-0.39, 0.29) is 13.2 Å². The van der Waals surface area contributed by atoms with Crippen LogP contribution in [0.1, 0.15) is 38.8 Å². The number of nitrogens with one attached hydrogen (secondary N) is 2. The van der Waals surface area contributed by atoms with Crippen LogP contribution in [0.4, 0.5) is 9.59 Å². The second kappa shape index (κ2) is 12.8. The average Bonchev–Trinajstić information content (AvgIpc) is 2.77. The quantitative estimate of drug-likeness (QED) is 0.471. The molecule has 8 heteroatoms. The van der Waals surface area contributed by atoms with Crippen molar-refractivity contribution in [3.8, 4) is 0 Å². The fourth-order valence-electron chi connectivity index (χ4n) is 3.10. The van der Waals surface area contributed by atoms with Gasteiger partial charge in [-0.2, -0.15) is 0 Å². The molecule has 2 aromatic carbocycles. The molecule has 33 heavy (non-hydrogen) atoms. The normalized spacial score (nSPS) is 13.2. The molecule has 2 rings (SSSR count). The minimum absolute atomic E-state index is 0.0895. The van der Waals surface area contributed by atoms with Crippen molar-refractivity contribution in [1.29, 1.82) is 0 Å². The highest BCUT2D eigenvalue weighted by molar-refractivity contribution is 5.68. The summed E-state index contributed by atoms with van der Waals surface area (Å²) in [5, 5.41) is 15.3. The van der Waals surface area contributed by atoms with Gasteiger partial charge >= 0.3 is 12.2 Å². The number of hydrazine groups is 1. The SMILES string of the molecule is CCN(CC(O)C(Cc1ccccc1)NC(=O)OCc1ccccc1)NC(=O)OC(C)(C)C. The van der Waals surface area contributed by atoms with E-state index in [9.17, 15) is 14.7 Å². The van der Waals surface area contributed by atoms with Gasteiger partial charge in [0.15, 0.2) is 0 Å². The van der Waals surface area contributed by atoms with Gasteiger partial charge in [-0.15, -0.1) is 0 Å². The number of alkyl carbamates (subject to hydrolysis) is 1. The summed E-state index contributed by atoms with van der Waals surface area (Å²) in [6.07, 6.45) is -1.82. The number of nitrogens with zero attached hydrogens (tertiary/aromatic N) is 1. The highest BCUT2D eigenvalue weighted by Crippen LogP contribution is 2.10. The van der Waals surface area contributed by atoms with Crippen molar-refractivity contribution in [3.05, 3.63) is 71.8 Å². The zero-order valence-corrected chi connectivity index (χ0v) is 19.8. The van der Waals surface area contributed by atoms with Crippen LogP contribution in [-0.4, -0.2) is 53.1 Å². The lowest BCUT2D eigenvalue weighted by atomic mass is 10.0. The van der Waals surface area contributed by atoms with Crippen molar-refractivity contribution in [2.75, 3.05) is 13.1 Å².